The number of aromatic nitrogens is 3. The topological polar surface area (TPSA) is 69.0 Å². The minimum Gasteiger partial charge on any atom is -0.467 e. The number of amides is 1. The molecule has 136 valence electrons. The summed E-state index contributed by atoms with van der Waals surface area (Å²) in [6.45, 7) is 0.921. The summed E-state index contributed by atoms with van der Waals surface area (Å²) in [5.74, 6) is -0.744. The fraction of sp³-hybridized carbons (Fsp3) is 0.235. The number of alkyl halides is 3. The van der Waals surface area contributed by atoms with E-state index in [0.717, 1.165) is 5.52 Å². The number of imidazole rings is 1. The van der Waals surface area contributed by atoms with Crippen molar-refractivity contribution in [2.75, 3.05) is 11.9 Å². The average molecular weight is 364 g/mol. The van der Waals surface area contributed by atoms with Crippen LogP contribution in [-0.2, 0) is 6.54 Å². The predicted molar refractivity (Wildman–Crippen MR) is 89.1 cm³/mol. The zero-order valence-electron chi connectivity index (χ0n) is 13.7. The first-order valence-corrected chi connectivity index (χ1v) is 7.80. The van der Waals surface area contributed by atoms with Gasteiger partial charge in [-0.3, -0.25) is 10.1 Å². The van der Waals surface area contributed by atoms with E-state index >= 15 is 0 Å². The van der Waals surface area contributed by atoms with Crippen LogP contribution in [0.2, 0.25) is 0 Å². The summed E-state index contributed by atoms with van der Waals surface area (Å²) < 4.78 is 43.6. The molecule has 0 unspecified atom stereocenters. The van der Waals surface area contributed by atoms with Gasteiger partial charge >= 0.3 is 6.18 Å². The van der Waals surface area contributed by atoms with Crippen molar-refractivity contribution in [1.29, 1.82) is 0 Å². The van der Waals surface area contributed by atoms with Gasteiger partial charge in [0.25, 0.3) is 5.91 Å². The van der Waals surface area contributed by atoms with Crippen molar-refractivity contribution in [2.45, 2.75) is 19.6 Å². The zero-order valence-corrected chi connectivity index (χ0v) is 13.7. The summed E-state index contributed by atoms with van der Waals surface area (Å²) in [6.07, 6.45) is -3.27. The van der Waals surface area contributed by atoms with Gasteiger partial charge in [-0.05, 0) is 31.2 Å². The number of pyridine rings is 1. The Morgan fingerprint density at radius 3 is 2.73 bits per heavy atom. The molecule has 0 saturated carbocycles. The Bertz CT molecular complexity index is 937. The second-order valence-corrected chi connectivity index (χ2v) is 5.38. The number of rotatable bonds is 5. The van der Waals surface area contributed by atoms with E-state index in [1.807, 2.05) is 25.1 Å². The number of carbonyl (C=O) groups is 1. The van der Waals surface area contributed by atoms with Crippen LogP contribution in [0, 0.1) is 0 Å². The van der Waals surface area contributed by atoms with Crippen LogP contribution < -0.4 is 10.1 Å². The monoisotopic (exact) mass is 364 g/mol. The Kier molecular flexibility index (Phi) is 4.79. The molecule has 3 rings (SSSR count). The number of carbonyl (C=O) groups excluding carboxylic acids is 1. The molecule has 3 aromatic rings. The molecule has 0 saturated heterocycles. The van der Waals surface area contributed by atoms with Crippen molar-refractivity contribution in [3.05, 3.63) is 48.2 Å². The maximum Gasteiger partial charge on any atom is 0.422 e. The highest BCUT2D eigenvalue weighted by Gasteiger charge is 2.29. The third-order valence-electron chi connectivity index (χ3n) is 3.58. The number of aryl methyl sites for hydroxylation is 1. The molecule has 0 aliphatic carbocycles. The first kappa shape index (κ1) is 17.7. The Labute approximate surface area is 146 Å². The van der Waals surface area contributed by atoms with E-state index in [4.69, 9.17) is 0 Å². The second kappa shape index (κ2) is 7.03. The number of nitrogens with zero attached hydrogens (tertiary/aromatic N) is 3. The van der Waals surface area contributed by atoms with Crippen molar-refractivity contribution in [3.63, 3.8) is 0 Å². The van der Waals surface area contributed by atoms with Gasteiger partial charge in [0.1, 0.15) is 5.56 Å². The van der Waals surface area contributed by atoms with Gasteiger partial charge in [0.2, 0.25) is 11.8 Å². The van der Waals surface area contributed by atoms with Gasteiger partial charge in [-0.15, -0.1) is 0 Å². The van der Waals surface area contributed by atoms with Gasteiger partial charge in [-0.25, -0.2) is 9.97 Å². The van der Waals surface area contributed by atoms with Crippen LogP contribution in [0.3, 0.4) is 0 Å². The maximum absolute atomic E-state index is 12.5. The number of hydrogen-bond donors (Lipinski definition) is 1. The average Bonchev–Trinajstić information content (AvgIpc) is 2.96. The molecule has 0 aliphatic rings. The second-order valence-electron chi connectivity index (χ2n) is 5.38. The number of fused-ring (bicyclic) bond motifs is 1. The van der Waals surface area contributed by atoms with E-state index < -0.39 is 18.7 Å². The first-order valence-electron chi connectivity index (χ1n) is 7.80. The van der Waals surface area contributed by atoms with Gasteiger partial charge in [-0.2, -0.15) is 13.2 Å². The van der Waals surface area contributed by atoms with Crippen molar-refractivity contribution < 1.29 is 22.7 Å². The smallest absolute Gasteiger partial charge is 0.422 e. The highest BCUT2D eigenvalue weighted by molar-refractivity contribution is 6.05. The minimum atomic E-state index is -4.53. The van der Waals surface area contributed by atoms with Crippen molar-refractivity contribution in [3.8, 4) is 5.88 Å². The first-order chi connectivity index (χ1) is 12.4. The van der Waals surface area contributed by atoms with Crippen LogP contribution >= 0.6 is 0 Å². The normalized spacial score (nSPS) is 11.5. The number of hydrogen-bond acceptors (Lipinski definition) is 4. The molecule has 0 radical (unpaired) electrons. The Hall–Kier alpha value is -3.10. The molecule has 6 nitrogen and oxygen atoms in total. The fourth-order valence-electron chi connectivity index (χ4n) is 2.49. The molecule has 2 heterocycles. The molecule has 0 spiro atoms. The van der Waals surface area contributed by atoms with Gasteiger partial charge < -0.3 is 9.30 Å². The molecule has 0 bridgehead atoms. The lowest BCUT2D eigenvalue weighted by Crippen LogP contribution is -2.22. The molecule has 2 aromatic heterocycles. The zero-order chi connectivity index (χ0) is 18.7. The lowest BCUT2D eigenvalue weighted by Gasteiger charge is -2.12. The predicted octanol–water partition coefficient (Wildman–Crippen LogP) is 3.64. The Morgan fingerprint density at radius 1 is 1.23 bits per heavy atom. The van der Waals surface area contributed by atoms with Gasteiger partial charge in [-0.1, -0.05) is 12.1 Å². The third kappa shape index (κ3) is 3.76. The number of ether oxygens (including phenoxy) is 1. The summed E-state index contributed by atoms with van der Waals surface area (Å²) in [5, 5.41) is 2.62. The number of nitrogens with one attached hydrogen (secondary N) is 1. The van der Waals surface area contributed by atoms with E-state index in [1.165, 1.54) is 18.3 Å². The minimum absolute atomic E-state index is 0.105. The summed E-state index contributed by atoms with van der Waals surface area (Å²) in [7, 11) is 0. The quantitative estimate of drug-likeness (QED) is 0.750. The van der Waals surface area contributed by atoms with Gasteiger partial charge in [0, 0.05) is 12.7 Å². The Morgan fingerprint density at radius 2 is 2.00 bits per heavy atom. The largest absolute Gasteiger partial charge is 0.467 e. The van der Waals surface area contributed by atoms with E-state index in [9.17, 15) is 18.0 Å². The van der Waals surface area contributed by atoms with Crippen LogP contribution in [0.4, 0.5) is 19.1 Å². The van der Waals surface area contributed by atoms with Crippen LogP contribution in [-0.4, -0.2) is 33.2 Å². The van der Waals surface area contributed by atoms with Gasteiger partial charge in [0.05, 0.1) is 11.0 Å². The molecule has 0 aliphatic heterocycles. The summed E-state index contributed by atoms with van der Waals surface area (Å²) >= 11 is 0. The molecule has 1 aromatic carbocycles. The lowest BCUT2D eigenvalue weighted by atomic mass is 10.2. The summed E-state index contributed by atoms with van der Waals surface area (Å²) in [4.78, 5) is 20.6. The highest BCUT2D eigenvalue weighted by Crippen LogP contribution is 2.23. The fourth-order valence-corrected chi connectivity index (χ4v) is 2.49. The molecule has 1 amide bonds. The molecule has 0 atom stereocenters. The Balaban J connectivity index is 1.87. The standard InChI is InChI=1S/C17H15F3N4O2/c1-2-24-13-8-4-3-7-12(13)22-16(24)23-14(25)11-6-5-9-21-15(11)26-10-17(18,19)20/h3-9H,2,10H2,1H3,(H,22,23,25). The number of halogens is 3. The van der Waals surface area contributed by atoms with Crippen molar-refractivity contribution in [2.24, 2.45) is 0 Å². The molecule has 9 heteroatoms. The third-order valence-corrected chi connectivity index (χ3v) is 3.58. The van der Waals surface area contributed by atoms with Crippen LogP contribution in [0.1, 0.15) is 17.3 Å². The summed E-state index contributed by atoms with van der Waals surface area (Å²) in [5.41, 5.74) is 1.43. The lowest BCUT2D eigenvalue weighted by molar-refractivity contribution is -0.154. The highest BCUT2D eigenvalue weighted by atomic mass is 19.4. The van der Waals surface area contributed by atoms with Crippen molar-refractivity contribution >= 4 is 22.9 Å². The van der Waals surface area contributed by atoms with E-state index in [0.29, 0.717) is 18.0 Å². The van der Waals surface area contributed by atoms with Crippen LogP contribution in [0.25, 0.3) is 11.0 Å². The van der Waals surface area contributed by atoms with Crippen LogP contribution in [0.5, 0.6) is 5.88 Å². The number of para-hydroxylation sites is 2. The molecule has 26 heavy (non-hydrogen) atoms. The number of benzene rings is 1. The molecule has 1 N–H and O–H groups in total. The van der Waals surface area contributed by atoms with E-state index in [-0.39, 0.29) is 11.4 Å². The maximum atomic E-state index is 12.5. The van der Waals surface area contributed by atoms with Gasteiger partial charge in [0.15, 0.2) is 6.61 Å². The molecular formula is C17H15F3N4O2. The molecular weight excluding hydrogens is 349 g/mol. The number of anilines is 1. The SMILES string of the molecule is CCn1c(NC(=O)c2cccnc2OCC(F)(F)F)nc2ccccc21. The van der Waals surface area contributed by atoms with Crippen LogP contribution in [0.15, 0.2) is 42.6 Å². The molecule has 0 fully saturated rings. The van der Waals surface area contributed by atoms with Crippen molar-refractivity contribution in [1.82, 2.24) is 14.5 Å². The van der Waals surface area contributed by atoms with E-state index in [2.05, 4.69) is 20.0 Å². The summed E-state index contributed by atoms with van der Waals surface area (Å²) in [6, 6.07) is 10.1. The van der Waals surface area contributed by atoms with E-state index in [1.54, 1.807) is 10.6 Å².